The van der Waals surface area contributed by atoms with Gasteiger partial charge in [0, 0.05) is 13.0 Å². The molecular weight excluding hydrogens is 220 g/mol. The molecule has 0 aromatic carbocycles. The van der Waals surface area contributed by atoms with E-state index < -0.39 is 11.9 Å². The molecule has 1 heterocycles. The Kier molecular flexibility index (Phi) is 5.50. The molecule has 17 heavy (non-hydrogen) atoms. The van der Waals surface area contributed by atoms with Crippen LogP contribution in [0.2, 0.25) is 0 Å². The smallest absolute Gasteiger partial charge is 0.240 e. The molecule has 5 nitrogen and oxygen atoms in total. The first-order valence-corrected chi connectivity index (χ1v) is 5.76. The second-order valence-corrected chi connectivity index (χ2v) is 4.12. The van der Waals surface area contributed by atoms with Gasteiger partial charge in [-0.1, -0.05) is 0 Å². The molecule has 0 aromatic rings. The Hall–Kier alpha value is -1.54. The molecule has 1 rings (SSSR count). The number of amides is 2. The maximum atomic E-state index is 11.8. The van der Waals surface area contributed by atoms with Gasteiger partial charge in [-0.15, -0.1) is 12.3 Å². The zero-order valence-electron chi connectivity index (χ0n) is 9.78. The van der Waals surface area contributed by atoms with Crippen molar-refractivity contribution in [1.29, 1.82) is 0 Å². The molecule has 1 fully saturated rings. The molecule has 1 aliphatic rings. The van der Waals surface area contributed by atoms with E-state index in [0.29, 0.717) is 38.9 Å². The lowest BCUT2D eigenvalue weighted by Crippen LogP contribution is -2.46. The van der Waals surface area contributed by atoms with Crippen LogP contribution in [0.1, 0.15) is 25.7 Å². The monoisotopic (exact) mass is 238 g/mol. The quantitative estimate of drug-likeness (QED) is 0.496. The van der Waals surface area contributed by atoms with Crippen LogP contribution in [0.25, 0.3) is 0 Å². The van der Waals surface area contributed by atoms with Crippen LogP contribution < -0.4 is 11.1 Å². The number of terminal acetylenes is 1. The summed E-state index contributed by atoms with van der Waals surface area (Å²) in [5.41, 5.74) is 5.23. The van der Waals surface area contributed by atoms with Crippen molar-refractivity contribution in [3.05, 3.63) is 0 Å². The first kappa shape index (κ1) is 13.5. The number of carbonyl (C=O) groups is 2. The molecular formula is C12H18N2O3. The molecule has 0 saturated carbocycles. The van der Waals surface area contributed by atoms with Crippen LogP contribution in [0, 0.1) is 18.3 Å². The number of rotatable bonds is 6. The maximum Gasteiger partial charge on any atom is 0.240 e. The predicted molar refractivity (Wildman–Crippen MR) is 62.7 cm³/mol. The number of primary amides is 1. The van der Waals surface area contributed by atoms with E-state index in [2.05, 4.69) is 11.2 Å². The fourth-order valence-electron chi connectivity index (χ4n) is 1.72. The van der Waals surface area contributed by atoms with E-state index in [4.69, 9.17) is 16.9 Å². The minimum absolute atomic E-state index is 0.160. The van der Waals surface area contributed by atoms with Crippen LogP contribution >= 0.6 is 0 Å². The number of unbranched alkanes of at least 4 members (excludes halogenated alkanes) is 1. The molecule has 3 N–H and O–H groups in total. The van der Waals surface area contributed by atoms with Crippen LogP contribution in [0.3, 0.4) is 0 Å². The van der Waals surface area contributed by atoms with Crippen LogP contribution in [-0.2, 0) is 14.3 Å². The van der Waals surface area contributed by atoms with Crippen molar-refractivity contribution in [1.82, 2.24) is 5.32 Å². The lowest BCUT2D eigenvalue weighted by atomic mass is 10.1. The Morgan fingerprint density at radius 3 is 2.88 bits per heavy atom. The zero-order chi connectivity index (χ0) is 12.7. The lowest BCUT2D eigenvalue weighted by Gasteiger charge is -2.17. The molecule has 1 aliphatic heterocycles. The van der Waals surface area contributed by atoms with Gasteiger partial charge in [0.15, 0.2) is 0 Å². The fourth-order valence-corrected chi connectivity index (χ4v) is 1.72. The normalized spacial score (nSPS) is 20.5. The Balaban J connectivity index is 2.40. The van der Waals surface area contributed by atoms with E-state index in [9.17, 15) is 9.59 Å². The highest BCUT2D eigenvalue weighted by atomic mass is 16.5. The topological polar surface area (TPSA) is 81.4 Å². The molecule has 2 amide bonds. The van der Waals surface area contributed by atoms with Crippen LogP contribution in [0.4, 0.5) is 0 Å². The zero-order valence-corrected chi connectivity index (χ0v) is 9.78. The van der Waals surface area contributed by atoms with Crippen molar-refractivity contribution >= 4 is 11.8 Å². The number of carbonyl (C=O) groups excluding carboxylic acids is 2. The highest BCUT2D eigenvalue weighted by Gasteiger charge is 2.26. The van der Waals surface area contributed by atoms with Crippen molar-refractivity contribution in [3.63, 3.8) is 0 Å². The summed E-state index contributed by atoms with van der Waals surface area (Å²) in [5.74, 6) is 1.64. The third kappa shape index (κ3) is 4.45. The number of hydrogen-bond acceptors (Lipinski definition) is 3. The molecule has 0 radical (unpaired) electrons. The average molecular weight is 238 g/mol. The van der Waals surface area contributed by atoms with Crippen LogP contribution in [-0.4, -0.2) is 31.1 Å². The summed E-state index contributed by atoms with van der Waals surface area (Å²) in [5, 5.41) is 2.66. The summed E-state index contributed by atoms with van der Waals surface area (Å²) < 4.78 is 5.12. The van der Waals surface area contributed by atoms with E-state index in [1.165, 1.54) is 0 Å². The summed E-state index contributed by atoms with van der Waals surface area (Å²) in [6.45, 7) is 1.01. The third-order valence-corrected chi connectivity index (χ3v) is 2.77. The number of nitrogens with two attached hydrogens (primary N) is 1. The van der Waals surface area contributed by atoms with Crippen molar-refractivity contribution in [3.8, 4) is 12.3 Å². The summed E-state index contributed by atoms with van der Waals surface area (Å²) >= 11 is 0. The van der Waals surface area contributed by atoms with Crippen molar-refractivity contribution < 1.29 is 14.3 Å². The van der Waals surface area contributed by atoms with Gasteiger partial charge in [-0.3, -0.25) is 9.59 Å². The Bertz CT molecular complexity index is 316. The summed E-state index contributed by atoms with van der Waals surface area (Å²) in [6.07, 6.45) is 7.55. The molecule has 0 bridgehead atoms. The first-order valence-electron chi connectivity index (χ1n) is 5.76. The first-order chi connectivity index (χ1) is 8.15. The van der Waals surface area contributed by atoms with E-state index in [1.54, 1.807) is 0 Å². The van der Waals surface area contributed by atoms with Gasteiger partial charge in [0.1, 0.15) is 6.04 Å². The predicted octanol–water partition coefficient (Wildman–Crippen LogP) is -0.203. The minimum atomic E-state index is -0.628. The van der Waals surface area contributed by atoms with Gasteiger partial charge in [0.05, 0.1) is 12.5 Å². The lowest BCUT2D eigenvalue weighted by molar-refractivity contribution is -0.130. The van der Waals surface area contributed by atoms with Crippen molar-refractivity contribution in [2.24, 2.45) is 11.7 Å². The third-order valence-electron chi connectivity index (χ3n) is 2.77. The van der Waals surface area contributed by atoms with Gasteiger partial charge in [-0.2, -0.15) is 0 Å². The van der Waals surface area contributed by atoms with Gasteiger partial charge in [0.25, 0.3) is 0 Å². The average Bonchev–Trinajstić information content (AvgIpc) is 2.81. The van der Waals surface area contributed by atoms with Crippen molar-refractivity contribution in [2.45, 2.75) is 31.7 Å². The molecule has 1 saturated heterocycles. The van der Waals surface area contributed by atoms with E-state index >= 15 is 0 Å². The van der Waals surface area contributed by atoms with E-state index in [1.807, 2.05) is 0 Å². The summed E-state index contributed by atoms with van der Waals surface area (Å²) in [6, 6.07) is -0.628. The molecule has 94 valence electrons. The number of nitrogens with one attached hydrogen (secondary N) is 1. The minimum Gasteiger partial charge on any atom is -0.381 e. The van der Waals surface area contributed by atoms with Gasteiger partial charge >= 0.3 is 0 Å². The molecule has 0 spiro atoms. The summed E-state index contributed by atoms with van der Waals surface area (Å²) in [4.78, 5) is 22.9. The molecule has 0 unspecified atom stereocenters. The number of hydrogen-bond donors (Lipinski definition) is 2. The molecule has 0 aromatic heterocycles. The van der Waals surface area contributed by atoms with Gasteiger partial charge in [0.2, 0.25) is 11.8 Å². The van der Waals surface area contributed by atoms with Crippen LogP contribution in [0.5, 0.6) is 0 Å². The van der Waals surface area contributed by atoms with Gasteiger partial charge < -0.3 is 15.8 Å². The summed E-state index contributed by atoms with van der Waals surface area (Å²) in [7, 11) is 0. The van der Waals surface area contributed by atoms with Gasteiger partial charge in [-0.05, 0) is 19.3 Å². The van der Waals surface area contributed by atoms with Gasteiger partial charge in [-0.25, -0.2) is 0 Å². The Morgan fingerprint density at radius 2 is 2.35 bits per heavy atom. The highest BCUT2D eigenvalue weighted by Crippen LogP contribution is 2.13. The molecule has 0 aliphatic carbocycles. The standard InChI is InChI=1S/C12H18N2O3/c1-2-3-4-5-10(11(13)15)14-12(16)9-6-7-17-8-9/h1,9-10H,3-8H2,(H2,13,15)(H,14,16)/t9-,10+/m1/s1. The van der Waals surface area contributed by atoms with E-state index in [0.717, 1.165) is 0 Å². The second-order valence-electron chi connectivity index (χ2n) is 4.12. The highest BCUT2D eigenvalue weighted by molar-refractivity contribution is 5.87. The SMILES string of the molecule is C#CCCC[C@H](NC(=O)[C@@H]1CCOC1)C(N)=O. The largest absolute Gasteiger partial charge is 0.381 e. The Morgan fingerprint density at radius 1 is 1.59 bits per heavy atom. The van der Waals surface area contributed by atoms with E-state index in [-0.39, 0.29) is 11.8 Å². The molecule has 5 heteroatoms. The second kappa shape index (κ2) is 6.92. The Labute approximate surface area is 101 Å². The van der Waals surface area contributed by atoms with Crippen molar-refractivity contribution in [2.75, 3.05) is 13.2 Å². The number of ether oxygens (including phenoxy) is 1. The van der Waals surface area contributed by atoms with Crippen LogP contribution in [0.15, 0.2) is 0 Å². The maximum absolute atomic E-state index is 11.8. The fraction of sp³-hybridized carbons (Fsp3) is 0.667. The molecule has 2 atom stereocenters.